The van der Waals surface area contributed by atoms with E-state index in [9.17, 15) is 0 Å². The van der Waals surface area contributed by atoms with Crippen LogP contribution in [0.2, 0.25) is 0 Å². The summed E-state index contributed by atoms with van der Waals surface area (Å²) in [6.45, 7) is 10.4. The first kappa shape index (κ1) is 10.6. The molecule has 0 saturated carbocycles. The summed E-state index contributed by atoms with van der Waals surface area (Å²) in [5, 5.41) is 0. The van der Waals surface area contributed by atoms with Crippen LogP contribution in [0.25, 0.3) is 0 Å². The fraction of sp³-hybridized carbons (Fsp3) is 0.600. The fourth-order valence-corrected chi connectivity index (χ4v) is 0. The van der Waals surface area contributed by atoms with Crippen LogP contribution in [0, 0.1) is 0 Å². The molecule has 0 aromatic carbocycles. The highest BCUT2D eigenvalue weighted by atomic mass is 79.9. The first-order chi connectivity index (χ1) is 2.56. The van der Waals surface area contributed by atoms with Crippen molar-refractivity contribution in [3.8, 4) is 0 Å². The third-order valence-electron chi connectivity index (χ3n) is 0.548. The topological polar surface area (TPSA) is 0 Å². The summed E-state index contributed by atoms with van der Waals surface area (Å²) in [7, 11) is -0.633. The van der Waals surface area contributed by atoms with Crippen LogP contribution in [0.4, 0.5) is 0 Å². The molecule has 0 amide bonds. The molecule has 0 radical (unpaired) electrons. The van der Waals surface area contributed by atoms with Crippen molar-refractivity contribution in [2.75, 3.05) is 20.0 Å². The van der Waals surface area contributed by atoms with E-state index < -0.39 is 7.26 Å². The Morgan fingerprint density at radius 2 is 1.43 bits per heavy atom. The van der Waals surface area contributed by atoms with Gasteiger partial charge >= 0.3 is 0 Å². The summed E-state index contributed by atoms with van der Waals surface area (Å²) in [6, 6.07) is 0. The lowest BCUT2D eigenvalue weighted by Gasteiger charge is -1.99. The molecular formula is C5H12BrP. The molecule has 0 bridgehead atoms. The Labute approximate surface area is 57.1 Å². The third kappa shape index (κ3) is 10.8. The molecule has 0 N–H and O–H groups in total. The van der Waals surface area contributed by atoms with Crippen LogP contribution >= 0.6 is 7.26 Å². The van der Waals surface area contributed by atoms with Gasteiger partial charge in [-0.2, -0.15) is 0 Å². The largest absolute Gasteiger partial charge is 1.00 e. The van der Waals surface area contributed by atoms with Crippen molar-refractivity contribution < 1.29 is 17.0 Å². The minimum atomic E-state index is -0.633. The van der Waals surface area contributed by atoms with Gasteiger partial charge < -0.3 is 17.0 Å². The Morgan fingerprint density at radius 3 is 1.43 bits per heavy atom. The molecule has 7 heavy (non-hydrogen) atoms. The van der Waals surface area contributed by atoms with E-state index in [0.717, 1.165) is 0 Å². The first-order valence-electron chi connectivity index (χ1n) is 2.01. The van der Waals surface area contributed by atoms with Gasteiger partial charge in [0, 0.05) is 7.26 Å². The molecule has 0 unspecified atom stereocenters. The van der Waals surface area contributed by atoms with Gasteiger partial charge in [0.1, 0.15) is 0 Å². The maximum Gasteiger partial charge on any atom is 0.0525 e. The summed E-state index contributed by atoms with van der Waals surface area (Å²) >= 11 is 0. The van der Waals surface area contributed by atoms with E-state index in [-0.39, 0.29) is 17.0 Å². The van der Waals surface area contributed by atoms with Crippen LogP contribution in [0.5, 0.6) is 0 Å². The molecule has 44 valence electrons. The molecule has 0 aromatic heterocycles. The molecule has 0 aliphatic carbocycles. The lowest BCUT2D eigenvalue weighted by molar-refractivity contribution is -0.00000158. The zero-order valence-electron chi connectivity index (χ0n) is 5.11. The second-order valence-electron chi connectivity index (χ2n) is 2.30. The predicted molar refractivity (Wildman–Crippen MR) is 34.9 cm³/mol. The Balaban J connectivity index is 0. The van der Waals surface area contributed by atoms with Gasteiger partial charge in [-0.1, -0.05) is 6.58 Å². The Morgan fingerprint density at radius 1 is 1.29 bits per heavy atom. The van der Waals surface area contributed by atoms with E-state index >= 15 is 0 Å². The Bertz CT molecular complexity index is 53.6. The van der Waals surface area contributed by atoms with Crippen LogP contribution in [-0.2, 0) is 0 Å². The van der Waals surface area contributed by atoms with Crippen molar-refractivity contribution in [2.24, 2.45) is 0 Å². The highest BCUT2D eigenvalue weighted by molar-refractivity contribution is 7.76. The number of halogens is 1. The summed E-state index contributed by atoms with van der Waals surface area (Å²) < 4.78 is 0. The van der Waals surface area contributed by atoms with Gasteiger partial charge in [0.05, 0.1) is 25.8 Å². The van der Waals surface area contributed by atoms with E-state index in [4.69, 9.17) is 0 Å². The van der Waals surface area contributed by atoms with E-state index in [1.165, 1.54) is 0 Å². The Hall–Kier alpha value is 0.650. The van der Waals surface area contributed by atoms with Gasteiger partial charge in [0.15, 0.2) is 0 Å². The monoisotopic (exact) mass is 182 g/mol. The van der Waals surface area contributed by atoms with Gasteiger partial charge in [-0.05, 0) is 0 Å². The molecule has 0 rings (SSSR count). The average molecular weight is 183 g/mol. The van der Waals surface area contributed by atoms with E-state index in [1.807, 2.05) is 5.82 Å². The number of rotatable bonds is 1. The zero-order valence-corrected chi connectivity index (χ0v) is 7.59. The lowest BCUT2D eigenvalue weighted by Crippen LogP contribution is -3.00. The maximum absolute atomic E-state index is 3.68. The normalized spacial score (nSPS) is 9.57. The van der Waals surface area contributed by atoms with Gasteiger partial charge in [0.25, 0.3) is 0 Å². The molecule has 0 atom stereocenters. The van der Waals surface area contributed by atoms with Crippen molar-refractivity contribution in [2.45, 2.75) is 0 Å². The second kappa shape index (κ2) is 3.63. The number of hydrogen-bond acceptors (Lipinski definition) is 0. The molecule has 0 saturated heterocycles. The Kier molecular flexibility index (Phi) is 5.49. The molecule has 0 nitrogen and oxygen atoms in total. The summed E-state index contributed by atoms with van der Waals surface area (Å²) in [5.41, 5.74) is 0. The molecule has 0 spiro atoms. The number of hydrogen-bond donors (Lipinski definition) is 0. The highest BCUT2D eigenvalue weighted by Gasteiger charge is 2.08. The molecule has 0 aliphatic heterocycles. The van der Waals surface area contributed by atoms with Crippen LogP contribution in [0.1, 0.15) is 0 Å². The summed E-state index contributed by atoms with van der Waals surface area (Å²) in [6.07, 6.45) is 0. The van der Waals surface area contributed by atoms with Crippen molar-refractivity contribution in [1.29, 1.82) is 0 Å². The first-order valence-corrected chi connectivity index (χ1v) is 5.21. The summed E-state index contributed by atoms with van der Waals surface area (Å²) in [4.78, 5) is 0. The molecular weight excluding hydrogens is 171 g/mol. The molecule has 0 fully saturated rings. The van der Waals surface area contributed by atoms with Crippen LogP contribution < -0.4 is 17.0 Å². The third-order valence-corrected chi connectivity index (χ3v) is 1.64. The highest BCUT2D eigenvalue weighted by Crippen LogP contribution is 2.47. The van der Waals surface area contributed by atoms with Crippen molar-refractivity contribution >= 4 is 7.26 Å². The van der Waals surface area contributed by atoms with E-state index in [2.05, 4.69) is 26.6 Å². The van der Waals surface area contributed by atoms with Crippen molar-refractivity contribution in [1.82, 2.24) is 0 Å². The van der Waals surface area contributed by atoms with E-state index in [0.29, 0.717) is 0 Å². The van der Waals surface area contributed by atoms with Gasteiger partial charge in [0.2, 0.25) is 0 Å². The smallest absolute Gasteiger partial charge is 0.0525 e. The minimum Gasteiger partial charge on any atom is -1.00 e. The zero-order chi connectivity index (χ0) is 5.21. The average Bonchev–Trinajstić information content (AvgIpc) is 1.35. The fourth-order valence-electron chi connectivity index (χ4n) is 0. The van der Waals surface area contributed by atoms with E-state index in [1.54, 1.807) is 0 Å². The second-order valence-corrected chi connectivity index (χ2v) is 6.90. The van der Waals surface area contributed by atoms with Crippen molar-refractivity contribution in [3.05, 3.63) is 12.4 Å². The van der Waals surface area contributed by atoms with Gasteiger partial charge in [-0.3, -0.25) is 0 Å². The van der Waals surface area contributed by atoms with Crippen LogP contribution in [0.15, 0.2) is 12.4 Å². The van der Waals surface area contributed by atoms with Crippen LogP contribution in [0.3, 0.4) is 0 Å². The quantitative estimate of drug-likeness (QED) is 0.459. The SMILES string of the molecule is C=C[P+](C)(C)C.[Br-]. The van der Waals surface area contributed by atoms with Crippen molar-refractivity contribution in [3.63, 3.8) is 0 Å². The molecule has 0 aromatic rings. The van der Waals surface area contributed by atoms with Gasteiger partial charge in [-0.15, -0.1) is 0 Å². The molecule has 0 aliphatic rings. The minimum absolute atomic E-state index is 0. The molecule has 0 heterocycles. The predicted octanol–water partition coefficient (Wildman–Crippen LogP) is -0.959. The maximum atomic E-state index is 3.68. The van der Waals surface area contributed by atoms with Crippen LogP contribution in [-0.4, -0.2) is 20.0 Å². The molecule has 2 heteroatoms. The standard InChI is InChI=1S/C5H12P.BrH/c1-5-6(2,3)4;/h5H,1H2,2-4H3;1H/q+1;/p-1. The lowest BCUT2D eigenvalue weighted by atomic mass is 11.3. The van der Waals surface area contributed by atoms with Gasteiger partial charge in [-0.25, -0.2) is 0 Å². The summed E-state index contributed by atoms with van der Waals surface area (Å²) in [5.74, 6) is 2.05.